The molecule has 5 heteroatoms. The molecular weight excluding hydrogens is 229 g/mol. The number of halogens is 3. The molecule has 94 valence electrons. The number of nitrogens with two attached hydrogens (primary N) is 1. The summed E-state index contributed by atoms with van der Waals surface area (Å²) in [6.07, 6.45) is 1.08. The van der Waals surface area contributed by atoms with Gasteiger partial charge >= 0.3 is 0 Å². The third-order valence-corrected chi connectivity index (χ3v) is 2.50. The van der Waals surface area contributed by atoms with Crippen molar-refractivity contribution in [2.45, 2.75) is 25.8 Å². The minimum Gasteiger partial charge on any atom is -0.271 e. The largest absolute Gasteiger partial charge is 0.271 e. The molecule has 0 saturated carbocycles. The maximum Gasteiger partial charge on any atom is 0.194 e. The minimum absolute atomic E-state index is 0.0210. The number of hydrogen-bond donors (Lipinski definition) is 2. The van der Waals surface area contributed by atoms with Gasteiger partial charge in [0.2, 0.25) is 0 Å². The van der Waals surface area contributed by atoms with Crippen molar-refractivity contribution in [3.05, 3.63) is 47.3 Å². The fraction of sp³-hybridized carbons (Fsp3) is 0.333. The van der Waals surface area contributed by atoms with Crippen molar-refractivity contribution in [2.24, 2.45) is 5.84 Å². The van der Waals surface area contributed by atoms with Crippen LogP contribution in [-0.4, -0.2) is 0 Å². The average molecular weight is 244 g/mol. The van der Waals surface area contributed by atoms with Crippen molar-refractivity contribution in [3.8, 4) is 0 Å². The van der Waals surface area contributed by atoms with Gasteiger partial charge in [-0.3, -0.25) is 11.3 Å². The Morgan fingerprint density at radius 1 is 1.35 bits per heavy atom. The number of benzene rings is 1. The van der Waals surface area contributed by atoms with Crippen LogP contribution < -0.4 is 11.3 Å². The van der Waals surface area contributed by atoms with Crippen molar-refractivity contribution < 1.29 is 13.2 Å². The van der Waals surface area contributed by atoms with Crippen LogP contribution >= 0.6 is 0 Å². The molecule has 1 unspecified atom stereocenters. The van der Waals surface area contributed by atoms with Gasteiger partial charge in [0.15, 0.2) is 17.5 Å². The molecule has 0 aliphatic heterocycles. The van der Waals surface area contributed by atoms with E-state index >= 15 is 0 Å². The molecule has 3 N–H and O–H groups in total. The summed E-state index contributed by atoms with van der Waals surface area (Å²) in [4.78, 5) is 0. The molecule has 0 aliphatic rings. The zero-order chi connectivity index (χ0) is 13.0. The summed E-state index contributed by atoms with van der Waals surface area (Å²) in [5.41, 5.74) is 3.32. The van der Waals surface area contributed by atoms with Crippen LogP contribution in [0, 0.1) is 17.5 Å². The van der Waals surface area contributed by atoms with Gasteiger partial charge in [0, 0.05) is 11.6 Å². The van der Waals surface area contributed by atoms with E-state index in [1.54, 1.807) is 0 Å². The van der Waals surface area contributed by atoms with E-state index in [4.69, 9.17) is 5.84 Å². The molecule has 1 rings (SSSR count). The second-order valence-corrected chi connectivity index (χ2v) is 3.98. The second kappa shape index (κ2) is 5.84. The van der Waals surface area contributed by atoms with E-state index < -0.39 is 23.5 Å². The third-order valence-electron chi connectivity index (χ3n) is 2.50. The van der Waals surface area contributed by atoms with Gasteiger partial charge in [-0.15, -0.1) is 6.58 Å². The van der Waals surface area contributed by atoms with Crippen molar-refractivity contribution in [3.63, 3.8) is 0 Å². The predicted molar refractivity (Wildman–Crippen MR) is 60.4 cm³/mol. The van der Waals surface area contributed by atoms with E-state index in [0.29, 0.717) is 12.8 Å². The van der Waals surface area contributed by atoms with Gasteiger partial charge in [-0.1, -0.05) is 11.6 Å². The van der Waals surface area contributed by atoms with Crippen LogP contribution in [0.25, 0.3) is 0 Å². The summed E-state index contributed by atoms with van der Waals surface area (Å²) in [7, 11) is 0. The Kier molecular flexibility index (Phi) is 4.72. The van der Waals surface area contributed by atoms with Gasteiger partial charge in [-0.05, 0) is 25.8 Å². The maximum atomic E-state index is 13.5. The van der Waals surface area contributed by atoms with E-state index in [9.17, 15) is 13.2 Å². The number of nitrogens with one attached hydrogen (secondary N) is 1. The average Bonchev–Trinajstić information content (AvgIpc) is 2.29. The Morgan fingerprint density at radius 3 is 2.53 bits per heavy atom. The summed E-state index contributed by atoms with van der Waals surface area (Å²) in [5.74, 6) is 1.41. The van der Waals surface area contributed by atoms with Crippen molar-refractivity contribution in [2.75, 3.05) is 0 Å². The highest BCUT2D eigenvalue weighted by Gasteiger charge is 2.19. The van der Waals surface area contributed by atoms with Gasteiger partial charge in [0.25, 0.3) is 0 Å². The lowest BCUT2D eigenvalue weighted by atomic mass is 10.00. The zero-order valence-electron chi connectivity index (χ0n) is 9.56. The van der Waals surface area contributed by atoms with Crippen molar-refractivity contribution in [1.29, 1.82) is 0 Å². The highest BCUT2D eigenvalue weighted by molar-refractivity contribution is 5.23. The van der Waals surface area contributed by atoms with Gasteiger partial charge in [-0.2, -0.15) is 0 Å². The smallest absolute Gasteiger partial charge is 0.194 e. The third kappa shape index (κ3) is 3.31. The van der Waals surface area contributed by atoms with E-state index in [1.807, 2.05) is 6.92 Å². The Balaban J connectivity index is 2.96. The molecule has 0 aliphatic carbocycles. The zero-order valence-corrected chi connectivity index (χ0v) is 9.56. The monoisotopic (exact) mass is 244 g/mol. The van der Waals surface area contributed by atoms with Crippen LogP contribution in [0.1, 0.15) is 31.4 Å². The highest BCUT2D eigenvalue weighted by atomic mass is 19.2. The number of rotatable bonds is 5. The normalized spacial score (nSPS) is 12.5. The molecular formula is C12H15F3N2. The molecule has 0 spiro atoms. The quantitative estimate of drug-likeness (QED) is 0.361. The summed E-state index contributed by atoms with van der Waals surface area (Å²) in [5, 5.41) is 0. The minimum atomic E-state index is -1.47. The van der Waals surface area contributed by atoms with Gasteiger partial charge in [0.1, 0.15) is 0 Å². The summed E-state index contributed by atoms with van der Waals surface area (Å²) >= 11 is 0. The lowest BCUT2D eigenvalue weighted by molar-refractivity contribution is 0.419. The molecule has 0 bridgehead atoms. The molecule has 17 heavy (non-hydrogen) atoms. The second-order valence-electron chi connectivity index (χ2n) is 3.98. The molecule has 0 saturated heterocycles. The SMILES string of the molecule is C=C(C)CCC(NN)c1ccc(F)c(F)c1F. The molecule has 0 aromatic heterocycles. The van der Waals surface area contributed by atoms with Crippen LogP contribution in [0.2, 0.25) is 0 Å². The number of hydrazine groups is 1. The van der Waals surface area contributed by atoms with Crippen LogP contribution in [0.4, 0.5) is 13.2 Å². The molecule has 0 fully saturated rings. The number of hydrogen-bond acceptors (Lipinski definition) is 2. The van der Waals surface area contributed by atoms with Gasteiger partial charge < -0.3 is 0 Å². The summed E-state index contributed by atoms with van der Waals surface area (Å²) in [6, 6.07) is 1.51. The topological polar surface area (TPSA) is 38.0 Å². The molecule has 0 heterocycles. The highest BCUT2D eigenvalue weighted by Crippen LogP contribution is 2.25. The molecule has 1 aromatic rings. The van der Waals surface area contributed by atoms with Crippen molar-refractivity contribution in [1.82, 2.24) is 5.43 Å². The first kappa shape index (κ1) is 13.7. The fourth-order valence-electron chi connectivity index (χ4n) is 1.53. The van der Waals surface area contributed by atoms with E-state index in [0.717, 1.165) is 11.6 Å². The van der Waals surface area contributed by atoms with E-state index in [2.05, 4.69) is 12.0 Å². The predicted octanol–water partition coefficient (Wildman–Crippen LogP) is 2.96. The van der Waals surface area contributed by atoms with Crippen LogP contribution in [0.5, 0.6) is 0 Å². The Hall–Kier alpha value is -1.33. The Morgan fingerprint density at radius 2 is 2.00 bits per heavy atom. The molecule has 1 atom stereocenters. The lowest BCUT2D eigenvalue weighted by Gasteiger charge is -2.17. The maximum absolute atomic E-state index is 13.5. The fourth-order valence-corrected chi connectivity index (χ4v) is 1.53. The Labute approximate surface area is 98.3 Å². The first-order valence-electron chi connectivity index (χ1n) is 5.21. The van der Waals surface area contributed by atoms with E-state index in [-0.39, 0.29) is 5.56 Å². The first-order chi connectivity index (χ1) is 7.97. The summed E-state index contributed by atoms with van der Waals surface area (Å²) < 4.78 is 39.3. The molecule has 2 nitrogen and oxygen atoms in total. The Bertz CT molecular complexity index is 418. The van der Waals surface area contributed by atoms with Crippen LogP contribution in [0.3, 0.4) is 0 Å². The molecule has 0 radical (unpaired) electrons. The van der Waals surface area contributed by atoms with Gasteiger partial charge in [-0.25, -0.2) is 13.2 Å². The number of allylic oxidation sites excluding steroid dienone is 1. The standard InChI is InChI=1S/C12H15F3N2/c1-7(2)3-6-10(17-16)8-4-5-9(13)12(15)11(8)14/h4-5,10,17H,1,3,6,16H2,2H3. The van der Waals surface area contributed by atoms with Crippen LogP contribution in [-0.2, 0) is 0 Å². The molecule has 0 amide bonds. The molecule has 1 aromatic carbocycles. The lowest BCUT2D eigenvalue weighted by Crippen LogP contribution is -2.29. The summed E-state index contributed by atoms with van der Waals surface area (Å²) in [6.45, 7) is 5.54. The van der Waals surface area contributed by atoms with Crippen molar-refractivity contribution >= 4 is 0 Å². The van der Waals surface area contributed by atoms with E-state index in [1.165, 1.54) is 6.07 Å². The van der Waals surface area contributed by atoms with Crippen LogP contribution in [0.15, 0.2) is 24.3 Å². The van der Waals surface area contributed by atoms with Gasteiger partial charge in [0.05, 0.1) is 0 Å². The first-order valence-corrected chi connectivity index (χ1v) is 5.21.